The maximum Gasteiger partial charge on any atom is 0.290 e. The minimum absolute atomic E-state index is 0.0664. The van der Waals surface area contributed by atoms with Gasteiger partial charge in [-0.25, -0.2) is 4.39 Å². The lowest BCUT2D eigenvalue weighted by atomic mass is 9.98. The Morgan fingerprint density at radius 1 is 1.06 bits per heavy atom. The number of amides is 1. The topological polar surface area (TPSA) is 64.2 Å². The number of halogens is 1. The molecule has 1 fully saturated rings. The Hall–Kier alpha value is -3.03. The summed E-state index contributed by atoms with van der Waals surface area (Å²) in [7, 11) is 0. The van der Waals surface area contributed by atoms with Crippen molar-refractivity contribution in [3.05, 3.63) is 81.5 Å². The molecular weight excluding hydrogens is 399 g/mol. The van der Waals surface area contributed by atoms with Gasteiger partial charge < -0.3 is 19.0 Å². The summed E-state index contributed by atoms with van der Waals surface area (Å²) < 4.78 is 25.4. The van der Waals surface area contributed by atoms with Gasteiger partial charge in [-0.1, -0.05) is 24.3 Å². The molecule has 1 atom stereocenters. The second-order valence-corrected chi connectivity index (χ2v) is 8.09. The van der Waals surface area contributed by atoms with Gasteiger partial charge in [0.2, 0.25) is 5.76 Å². The molecule has 1 N–H and O–H groups in total. The van der Waals surface area contributed by atoms with Gasteiger partial charge in [-0.3, -0.25) is 9.59 Å². The fourth-order valence-corrected chi connectivity index (χ4v) is 4.63. The molecule has 2 aliphatic heterocycles. The van der Waals surface area contributed by atoms with E-state index in [9.17, 15) is 14.0 Å². The van der Waals surface area contributed by atoms with E-state index in [4.69, 9.17) is 9.15 Å². The average Bonchev–Trinajstić information content (AvgIpc) is 3.07. The predicted molar refractivity (Wildman–Crippen MR) is 113 cm³/mol. The van der Waals surface area contributed by atoms with Crippen molar-refractivity contribution in [3.8, 4) is 0 Å². The van der Waals surface area contributed by atoms with Crippen LogP contribution in [0.25, 0.3) is 11.0 Å². The molecule has 0 saturated carbocycles. The molecule has 31 heavy (non-hydrogen) atoms. The van der Waals surface area contributed by atoms with Crippen molar-refractivity contribution in [2.45, 2.75) is 12.5 Å². The molecule has 0 aliphatic carbocycles. The fraction of sp³-hybridized carbons (Fsp3) is 0.333. The number of nitrogens with zero attached hydrogens (tertiary/aromatic N) is 1. The molecule has 0 unspecified atom stereocenters. The number of quaternary nitrogens is 1. The Balaban J connectivity index is 1.53. The molecule has 7 heteroatoms. The molecule has 3 aromatic rings. The summed E-state index contributed by atoms with van der Waals surface area (Å²) in [4.78, 5) is 29.8. The van der Waals surface area contributed by atoms with Gasteiger partial charge in [0.1, 0.15) is 24.5 Å². The molecule has 2 aliphatic rings. The van der Waals surface area contributed by atoms with Gasteiger partial charge in [0.05, 0.1) is 36.8 Å². The van der Waals surface area contributed by atoms with Crippen molar-refractivity contribution in [1.29, 1.82) is 0 Å². The molecule has 0 bridgehead atoms. The number of hydrogen-bond donors (Lipinski definition) is 1. The van der Waals surface area contributed by atoms with Crippen LogP contribution < -0.4 is 10.3 Å². The lowest BCUT2D eigenvalue weighted by Gasteiger charge is -2.27. The van der Waals surface area contributed by atoms with Gasteiger partial charge in [0.15, 0.2) is 5.43 Å². The number of fused-ring (bicyclic) bond motifs is 2. The molecule has 1 aromatic heterocycles. The van der Waals surface area contributed by atoms with Crippen LogP contribution in [-0.2, 0) is 4.74 Å². The minimum atomic E-state index is -0.654. The molecule has 160 valence electrons. The highest BCUT2D eigenvalue weighted by atomic mass is 19.1. The van der Waals surface area contributed by atoms with Crippen molar-refractivity contribution >= 4 is 16.9 Å². The van der Waals surface area contributed by atoms with Crippen LogP contribution in [0, 0.1) is 5.82 Å². The third-order valence-electron chi connectivity index (χ3n) is 6.17. The Morgan fingerprint density at radius 2 is 1.87 bits per heavy atom. The SMILES string of the molecule is O=C1c2oc3ccccc3c(=O)c2[C@H](c2cccc(F)c2)N1CCC[NH+]1CCOCC1. The molecule has 3 heterocycles. The number of ether oxygens (including phenoxy) is 1. The lowest BCUT2D eigenvalue weighted by Crippen LogP contribution is -3.14. The number of para-hydroxylation sites is 1. The van der Waals surface area contributed by atoms with E-state index in [1.165, 1.54) is 17.0 Å². The summed E-state index contributed by atoms with van der Waals surface area (Å²) in [6.45, 7) is 4.77. The highest BCUT2D eigenvalue weighted by molar-refractivity contribution is 5.99. The normalized spacial score (nSPS) is 19.2. The molecule has 2 aromatic carbocycles. The van der Waals surface area contributed by atoms with Crippen LogP contribution in [0.15, 0.2) is 57.7 Å². The van der Waals surface area contributed by atoms with E-state index < -0.39 is 11.9 Å². The first kappa shape index (κ1) is 19.9. The summed E-state index contributed by atoms with van der Waals surface area (Å²) in [5.74, 6) is -0.651. The zero-order valence-electron chi connectivity index (χ0n) is 17.1. The van der Waals surface area contributed by atoms with E-state index in [-0.39, 0.29) is 17.1 Å². The van der Waals surface area contributed by atoms with Crippen LogP contribution in [0.2, 0.25) is 0 Å². The number of morpholine rings is 1. The van der Waals surface area contributed by atoms with Crippen LogP contribution >= 0.6 is 0 Å². The van der Waals surface area contributed by atoms with Gasteiger partial charge in [-0.05, 0) is 29.8 Å². The number of benzene rings is 2. The van der Waals surface area contributed by atoms with Gasteiger partial charge in [0.25, 0.3) is 5.91 Å². The van der Waals surface area contributed by atoms with Gasteiger partial charge in [-0.15, -0.1) is 0 Å². The average molecular weight is 423 g/mol. The second-order valence-electron chi connectivity index (χ2n) is 8.09. The van der Waals surface area contributed by atoms with Crippen LogP contribution in [0.5, 0.6) is 0 Å². The van der Waals surface area contributed by atoms with E-state index in [0.717, 1.165) is 39.3 Å². The van der Waals surface area contributed by atoms with Crippen molar-refractivity contribution in [2.24, 2.45) is 0 Å². The first-order valence-corrected chi connectivity index (χ1v) is 10.7. The number of hydrogen-bond acceptors (Lipinski definition) is 4. The summed E-state index contributed by atoms with van der Waals surface area (Å²) in [6, 6.07) is 12.4. The molecule has 1 amide bonds. The number of nitrogens with one attached hydrogen (secondary N) is 1. The van der Waals surface area contributed by atoms with E-state index >= 15 is 0 Å². The molecular formula is C24H24FN2O4+. The van der Waals surface area contributed by atoms with E-state index in [1.807, 2.05) is 0 Å². The third kappa shape index (κ3) is 3.64. The highest BCUT2D eigenvalue weighted by Crippen LogP contribution is 2.38. The zero-order chi connectivity index (χ0) is 21.4. The quantitative estimate of drug-likeness (QED) is 0.680. The Labute approximate surface area is 178 Å². The molecule has 0 radical (unpaired) electrons. The number of carbonyl (C=O) groups is 1. The maximum atomic E-state index is 14.0. The van der Waals surface area contributed by atoms with Crippen LogP contribution in [0.4, 0.5) is 4.39 Å². The first-order chi connectivity index (χ1) is 15.1. The van der Waals surface area contributed by atoms with Gasteiger partial charge in [0, 0.05) is 13.0 Å². The largest absolute Gasteiger partial charge is 0.450 e. The molecule has 5 rings (SSSR count). The van der Waals surface area contributed by atoms with E-state index in [0.29, 0.717) is 28.6 Å². The van der Waals surface area contributed by atoms with Crippen molar-refractivity contribution < 1.29 is 23.2 Å². The monoisotopic (exact) mass is 423 g/mol. The Kier molecular flexibility index (Phi) is 5.29. The lowest BCUT2D eigenvalue weighted by molar-refractivity contribution is -0.908. The number of rotatable bonds is 5. The molecule has 0 spiro atoms. The summed E-state index contributed by atoms with van der Waals surface area (Å²) in [5.41, 5.74) is 1.03. The van der Waals surface area contributed by atoms with Gasteiger partial charge in [-0.2, -0.15) is 0 Å². The number of carbonyl (C=O) groups excluding carboxylic acids is 1. The van der Waals surface area contributed by atoms with Crippen LogP contribution in [0.3, 0.4) is 0 Å². The van der Waals surface area contributed by atoms with E-state index in [2.05, 4.69) is 0 Å². The second kappa shape index (κ2) is 8.24. The minimum Gasteiger partial charge on any atom is -0.450 e. The highest BCUT2D eigenvalue weighted by Gasteiger charge is 2.42. The third-order valence-corrected chi connectivity index (χ3v) is 6.17. The standard InChI is InChI=1S/C24H23FN2O4/c25-17-6-3-5-16(15-17)21-20-22(28)18-7-1-2-8-19(18)31-23(20)24(29)27(21)10-4-9-26-11-13-30-14-12-26/h1-3,5-8,15,21H,4,9-14H2/p+1/t21-/m0/s1. The maximum absolute atomic E-state index is 14.0. The summed E-state index contributed by atoms with van der Waals surface area (Å²) in [5, 5.41) is 0.426. The Morgan fingerprint density at radius 3 is 2.68 bits per heavy atom. The van der Waals surface area contributed by atoms with Crippen LogP contribution in [-0.4, -0.2) is 50.2 Å². The summed E-state index contributed by atoms with van der Waals surface area (Å²) in [6.07, 6.45) is 0.772. The molecule has 6 nitrogen and oxygen atoms in total. The zero-order valence-corrected chi connectivity index (χ0v) is 17.1. The van der Waals surface area contributed by atoms with Crippen molar-refractivity contribution in [2.75, 3.05) is 39.4 Å². The predicted octanol–water partition coefficient (Wildman–Crippen LogP) is 1.78. The molecule has 1 saturated heterocycles. The van der Waals surface area contributed by atoms with Crippen molar-refractivity contribution in [1.82, 2.24) is 4.90 Å². The summed E-state index contributed by atoms with van der Waals surface area (Å²) >= 11 is 0. The Bertz CT molecular complexity index is 1190. The van der Waals surface area contributed by atoms with Crippen LogP contribution in [0.1, 0.15) is 34.1 Å². The smallest absolute Gasteiger partial charge is 0.290 e. The van der Waals surface area contributed by atoms with Crippen molar-refractivity contribution in [3.63, 3.8) is 0 Å². The van der Waals surface area contributed by atoms with E-state index in [1.54, 1.807) is 41.3 Å². The first-order valence-electron chi connectivity index (χ1n) is 10.7. The van der Waals surface area contributed by atoms with Gasteiger partial charge >= 0.3 is 0 Å². The fourth-order valence-electron chi connectivity index (χ4n) is 4.63.